The topological polar surface area (TPSA) is 40.5 Å². The van der Waals surface area contributed by atoms with Gasteiger partial charge < -0.3 is 10.0 Å². The first kappa shape index (κ1) is 16.8. The van der Waals surface area contributed by atoms with E-state index in [1.165, 1.54) is 12.1 Å². The zero-order valence-electron chi connectivity index (χ0n) is 13.6. The number of Topliss-reactive ketones (excluding diaryl/α,β-unsaturated/α-hetero) is 1. The van der Waals surface area contributed by atoms with Crippen LogP contribution in [-0.4, -0.2) is 35.4 Å². The molecule has 0 saturated carbocycles. The minimum absolute atomic E-state index is 0.0617. The number of nitrogens with zero attached hydrogens (tertiary/aromatic N) is 1. The third-order valence-electron chi connectivity index (χ3n) is 4.70. The van der Waals surface area contributed by atoms with Crippen LogP contribution in [0.2, 0.25) is 0 Å². The molecule has 0 amide bonds. The molecule has 1 heterocycles. The fraction of sp³-hybridized carbons (Fsp3) is 0.350. The van der Waals surface area contributed by atoms with E-state index in [0.29, 0.717) is 6.54 Å². The van der Waals surface area contributed by atoms with Gasteiger partial charge in [-0.1, -0.05) is 42.5 Å². The normalized spacial score (nSPS) is 17.6. The van der Waals surface area contributed by atoms with Crippen molar-refractivity contribution in [1.82, 2.24) is 4.90 Å². The number of likely N-dealkylation sites (tertiary alicyclic amines) is 1. The highest BCUT2D eigenvalue weighted by Gasteiger charge is 2.26. The van der Waals surface area contributed by atoms with Crippen molar-refractivity contribution in [3.05, 3.63) is 71.5 Å². The van der Waals surface area contributed by atoms with Crippen LogP contribution in [0.25, 0.3) is 0 Å². The molecule has 1 unspecified atom stereocenters. The summed E-state index contributed by atoms with van der Waals surface area (Å²) in [6.45, 7) is 2.10. The van der Waals surface area contributed by atoms with Gasteiger partial charge in [-0.2, -0.15) is 0 Å². The van der Waals surface area contributed by atoms with E-state index in [4.69, 9.17) is 0 Å². The van der Waals surface area contributed by atoms with E-state index >= 15 is 0 Å². The maximum absolute atomic E-state index is 12.9. The van der Waals surface area contributed by atoms with Gasteiger partial charge in [0.25, 0.3) is 0 Å². The summed E-state index contributed by atoms with van der Waals surface area (Å²) >= 11 is 0. The molecule has 0 aliphatic carbocycles. The Morgan fingerprint density at radius 3 is 2.33 bits per heavy atom. The average molecular weight is 327 g/mol. The van der Waals surface area contributed by atoms with Crippen LogP contribution in [0.15, 0.2) is 54.6 Å². The fourth-order valence-electron chi connectivity index (χ4n) is 3.25. The molecule has 2 aromatic carbocycles. The summed E-state index contributed by atoms with van der Waals surface area (Å²) in [7, 11) is 0. The van der Waals surface area contributed by atoms with Crippen LogP contribution in [-0.2, 0) is 0 Å². The van der Waals surface area contributed by atoms with Crippen LogP contribution in [0.3, 0.4) is 0 Å². The van der Waals surface area contributed by atoms with Crippen LogP contribution in [0.5, 0.6) is 0 Å². The molecule has 1 N–H and O–H groups in total. The molecule has 126 valence electrons. The standard InChI is InChI=1S/C20H22FNO2/c21-18-8-6-15(7-9-18)19(23)14-22-12-10-17(11-13-22)20(24)16-4-2-1-3-5-16/h1-9,17,19,23H,10-14H2. The van der Waals surface area contributed by atoms with Crippen molar-refractivity contribution in [3.8, 4) is 0 Å². The Bertz CT molecular complexity index is 664. The second kappa shape index (κ2) is 7.69. The summed E-state index contributed by atoms with van der Waals surface area (Å²) in [5, 5.41) is 10.3. The molecule has 2 aromatic rings. The van der Waals surface area contributed by atoms with E-state index in [-0.39, 0.29) is 17.5 Å². The molecule has 4 heteroatoms. The van der Waals surface area contributed by atoms with Crippen LogP contribution in [0.1, 0.15) is 34.9 Å². The molecule has 3 rings (SSSR count). The molecule has 24 heavy (non-hydrogen) atoms. The molecule has 1 atom stereocenters. The Hall–Kier alpha value is -2.04. The molecule has 1 saturated heterocycles. The smallest absolute Gasteiger partial charge is 0.166 e. The summed E-state index contributed by atoms with van der Waals surface area (Å²) in [6, 6.07) is 15.4. The summed E-state index contributed by atoms with van der Waals surface area (Å²) in [5.74, 6) is -0.0212. The van der Waals surface area contributed by atoms with Gasteiger partial charge in [-0.05, 0) is 43.6 Å². The predicted molar refractivity (Wildman–Crippen MR) is 91.3 cm³/mol. The van der Waals surface area contributed by atoms with E-state index in [0.717, 1.165) is 37.1 Å². The third-order valence-corrected chi connectivity index (χ3v) is 4.70. The lowest BCUT2D eigenvalue weighted by molar-refractivity contribution is 0.0727. The average Bonchev–Trinajstić information content (AvgIpc) is 2.63. The Morgan fingerprint density at radius 1 is 1.08 bits per heavy atom. The number of β-amino-alcohol motifs (C(OH)–C–C–N with tert-alkyl or cyclic N) is 1. The zero-order chi connectivity index (χ0) is 16.9. The van der Waals surface area contributed by atoms with Crippen LogP contribution >= 0.6 is 0 Å². The second-order valence-electron chi connectivity index (χ2n) is 6.37. The molecule has 1 aliphatic rings. The minimum atomic E-state index is -0.632. The number of hydrogen-bond acceptors (Lipinski definition) is 3. The van der Waals surface area contributed by atoms with Crippen molar-refractivity contribution in [2.45, 2.75) is 18.9 Å². The van der Waals surface area contributed by atoms with Crippen molar-refractivity contribution in [2.75, 3.05) is 19.6 Å². The monoisotopic (exact) mass is 327 g/mol. The van der Waals surface area contributed by atoms with Crippen LogP contribution < -0.4 is 0 Å². The number of aliphatic hydroxyl groups excluding tert-OH is 1. The molecule has 0 bridgehead atoms. The minimum Gasteiger partial charge on any atom is -0.387 e. The first-order valence-corrected chi connectivity index (χ1v) is 8.38. The predicted octanol–water partition coefficient (Wildman–Crippen LogP) is 3.45. The highest BCUT2D eigenvalue weighted by Crippen LogP contribution is 2.24. The van der Waals surface area contributed by atoms with Gasteiger partial charge in [0.15, 0.2) is 5.78 Å². The SMILES string of the molecule is O=C(c1ccccc1)C1CCN(CC(O)c2ccc(F)cc2)CC1. The summed E-state index contributed by atoms with van der Waals surface area (Å²) in [6.07, 6.45) is 0.986. The molecule has 0 spiro atoms. The molecular weight excluding hydrogens is 305 g/mol. The quantitative estimate of drug-likeness (QED) is 0.855. The Balaban J connectivity index is 1.52. The summed E-state index contributed by atoms with van der Waals surface area (Å²) in [4.78, 5) is 14.6. The van der Waals surface area contributed by atoms with E-state index in [1.807, 2.05) is 30.3 Å². The number of aliphatic hydroxyl groups is 1. The van der Waals surface area contributed by atoms with Gasteiger partial charge in [0.2, 0.25) is 0 Å². The van der Waals surface area contributed by atoms with Gasteiger partial charge >= 0.3 is 0 Å². The first-order chi connectivity index (χ1) is 11.6. The summed E-state index contributed by atoms with van der Waals surface area (Å²) in [5.41, 5.74) is 1.50. The highest BCUT2D eigenvalue weighted by molar-refractivity contribution is 5.97. The maximum atomic E-state index is 12.9. The number of halogens is 1. The number of hydrogen-bond donors (Lipinski definition) is 1. The highest BCUT2D eigenvalue weighted by atomic mass is 19.1. The van der Waals surface area contributed by atoms with Crippen molar-refractivity contribution >= 4 is 5.78 Å². The third kappa shape index (κ3) is 4.08. The van der Waals surface area contributed by atoms with Crippen molar-refractivity contribution in [1.29, 1.82) is 0 Å². The number of ketones is 1. The van der Waals surface area contributed by atoms with Gasteiger partial charge in [-0.15, -0.1) is 0 Å². The number of rotatable bonds is 5. The molecule has 0 radical (unpaired) electrons. The fourth-order valence-corrected chi connectivity index (χ4v) is 3.25. The lowest BCUT2D eigenvalue weighted by atomic mass is 9.88. The number of benzene rings is 2. The van der Waals surface area contributed by atoms with Gasteiger partial charge in [0.1, 0.15) is 5.82 Å². The Labute approximate surface area is 141 Å². The van der Waals surface area contributed by atoms with E-state index in [2.05, 4.69) is 4.90 Å². The van der Waals surface area contributed by atoms with Crippen LogP contribution in [0, 0.1) is 11.7 Å². The van der Waals surface area contributed by atoms with Gasteiger partial charge in [0, 0.05) is 18.0 Å². The molecule has 1 fully saturated rings. The lowest BCUT2D eigenvalue weighted by Crippen LogP contribution is -2.38. The maximum Gasteiger partial charge on any atom is 0.166 e. The van der Waals surface area contributed by atoms with E-state index < -0.39 is 6.10 Å². The summed E-state index contributed by atoms with van der Waals surface area (Å²) < 4.78 is 12.9. The van der Waals surface area contributed by atoms with Crippen molar-refractivity contribution < 1.29 is 14.3 Å². The van der Waals surface area contributed by atoms with Gasteiger partial charge in [0.05, 0.1) is 6.10 Å². The Morgan fingerprint density at radius 2 is 1.71 bits per heavy atom. The van der Waals surface area contributed by atoms with Crippen molar-refractivity contribution in [2.24, 2.45) is 5.92 Å². The molecule has 0 aromatic heterocycles. The van der Waals surface area contributed by atoms with E-state index in [9.17, 15) is 14.3 Å². The van der Waals surface area contributed by atoms with Gasteiger partial charge in [-0.3, -0.25) is 4.79 Å². The van der Waals surface area contributed by atoms with Gasteiger partial charge in [-0.25, -0.2) is 4.39 Å². The Kier molecular flexibility index (Phi) is 5.38. The number of piperidine rings is 1. The molecular formula is C20H22FNO2. The largest absolute Gasteiger partial charge is 0.387 e. The van der Waals surface area contributed by atoms with E-state index in [1.54, 1.807) is 12.1 Å². The number of carbonyl (C=O) groups excluding carboxylic acids is 1. The molecule has 1 aliphatic heterocycles. The second-order valence-corrected chi connectivity index (χ2v) is 6.37. The van der Waals surface area contributed by atoms with Crippen molar-refractivity contribution in [3.63, 3.8) is 0 Å². The first-order valence-electron chi connectivity index (χ1n) is 8.38. The zero-order valence-corrected chi connectivity index (χ0v) is 13.6. The lowest BCUT2D eigenvalue weighted by Gasteiger charge is -2.32. The molecule has 3 nitrogen and oxygen atoms in total. The van der Waals surface area contributed by atoms with Crippen LogP contribution in [0.4, 0.5) is 4.39 Å². The number of carbonyl (C=O) groups is 1.